The molecule has 0 bridgehead atoms. The Hall–Kier alpha value is -3.39. The fraction of sp³-hybridized carbons (Fsp3) is 0. The maximum absolute atomic E-state index is 5.99. The first-order chi connectivity index (χ1) is 12.4. The summed E-state index contributed by atoms with van der Waals surface area (Å²) in [5, 5.41) is 0. The second kappa shape index (κ2) is 7.02. The smallest absolute Gasteiger partial charge is 0.219 e. The number of pyridine rings is 1. The number of nitrogens with zero attached hydrogens (tertiary/aromatic N) is 1. The van der Waals surface area contributed by atoms with Gasteiger partial charge < -0.3 is 4.74 Å². The summed E-state index contributed by atoms with van der Waals surface area (Å²) >= 11 is 0. The van der Waals surface area contributed by atoms with Crippen LogP contribution in [0.5, 0.6) is 11.6 Å². The normalized spacial score (nSPS) is 10.4. The van der Waals surface area contributed by atoms with E-state index in [0.717, 1.165) is 22.6 Å². The van der Waals surface area contributed by atoms with E-state index in [1.54, 1.807) is 0 Å². The van der Waals surface area contributed by atoms with E-state index < -0.39 is 0 Å². The van der Waals surface area contributed by atoms with Crippen molar-refractivity contribution in [3.05, 3.63) is 103 Å². The van der Waals surface area contributed by atoms with Gasteiger partial charge in [0.05, 0.1) is 5.69 Å². The fourth-order valence-corrected chi connectivity index (χ4v) is 2.73. The highest BCUT2D eigenvalue weighted by molar-refractivity contribution is 5.65. The lowest BCUT2D eigenvalue weighted by atomic mass is 10.1. The molecular formula is C23H17NO. The Morgan fingerprint density at radius 3 is 1.92 bits per heavy atom. The molecule has 0 saturated heterocycles. The van der Waals surface area contributed by atoms with Gasteiger partial charge in [-0.15, -0.1) is 0 Å². The fourth-order valence-electron chi connectivity index (χ4n) is 2.73. The molecule has 0 aliphatic rings. The molecule has 4 rings (SSSR count). The zero-order valence-electron chi connectivity index (χ0n) is 13.7. The second-order valence-corrected chi connectivity index (χ2v) is 5.72. The number of benzene rings is 3. The van der Waals surface area contributed by atoms with Crippen molar-refractivity contribution in [2.24, 2.45) is 0 Å². The Morgan fingerprint density at radius 2 is 1.16 bits per heavy atom. The first kappa shape index (κ1) is 15.2. The van der Waals surface area contributed by atoms with Crippen LogP contribution in [0.25, 0.3) is 22.4 Å². The minimum absolute atomic E-state index is 0.589. The van der Waals surface area contributed by atoms with E-state index in [0.29, 0.717) is 5.88 Å². The van der Waals surface area contributed by atoms with Gasteiger partial charge in [-0.05, 0) is 29.3 Å². The molecule has 0 amide bonds. The summed E-state index contributed by atoms with van der Waals surface area (Å²) in [4.78, 5) is 4.62. The zero-order chi connectivity index (χ0) is 16.9. The lowest BCUT2D eigenvalue weighted by Gasteiger charge is -2.09. The van der Waals surface area contributed by atoms with Crippen LogP contribution in [0.4, 0.5) is 0 Å². The Kier molecular flexibility index (Phi) is 4.25. The number of ether oxygens (including phenoxy) is 1. The summed E-state index contributed by atoms with van der Waals surface area (Å²) in [6.45, 7) is 0. The van der Waals surface area contributed by atoms with Crippen molar-refractivity contribution in [3.8, 4) is 34.0 Å². The average Bonchev–Trinajstić information content (AvgIpc) is 2.70. The molecular weight excluding hydrogens is 306 g/mol. The number of hydrogen-bond donors (Lipinski definition) is 0. The van der Waals surface area contributed by atoms with Crippen molar-refractivity contribution in [1.29, 1.82) is 0 Å². The molecule has 1 aromatic heterocycles. The maximum atomic E-state index is 5.99. The molecule has 0 aliphatic carbocycles. The Morgan fingerprint density at radius 1 is 0.520 bits per heavy atom. The topological polar surface area (TPSA) is 22.1 Å². The van der Waals surface area contributed by atoms with Crippen LogP contribution in [-0.2, 0) is 0 Å². The maximum Gasteiger partial charge on any atom is 0.219 e. The van der Waals surface area contributed by atoms with Crippen molar-refractivity contribution < 1.29 is 4.74 Å². The second-order valence-electron chi connectivity index (χ2n) is 5.72. The Balaban J connectivity index is 1.61. The molecule has 0 atom stereocenters. The van der Waals surface area contributed by atoms with Gasteiger partial charge in [0.2, 0.25) is 5.88 Å². The lowest BCUT2D eigenvalue weighted by molar-refractivity contribution is 0.464. The molecule has 2 heteroatoms. The van der Waals surface area contributed by atoms with Crippen LogP contribution in [0.15, 0.2) is 103 Å². The highest BCUT2D eigenvalue weighted by Gasteiger charge is 2.04. The van der Waals surface area contributed by atoms with Crippen LogP contribution in [0, 0.1) is 0 Å². The van der Waals surface area contributed by atoms with Crippen molar-refractivity contribution in [2.75, 3.05) is 0 Å². The Bertz CT molecular complexity index is 884. The van der Waals surface area contributed by atoms with E-state index in [1.165, 1.54) is 5.56 Å². The summed E-state index contributed by atoms with van der Waals surface area (Å²) in [7, 11) is 0. The van der Waals surface area contributed by atoms with E-state index in [2.05, 4.69) is 23.2 Å². The highest BCUT2D eigenvalue weighted by Crippen LogP contribution is 2.27. The molecule has 0 spiro atoms. The predicted molar refractivity (Wildman–Crippen MR) is 102 cm³/mol. The van der Waals surface area contributed by atoms with Crippen molar-refractivity contribution >= 4 is 0 Å². The first-order valence-corrected chi connectivity index (χ1v) is 8.24. The van der Waals surface area contributed by atoms with Crippen molar-refractivity contribution in [1.82, 2.24) is 4.98 Å². The van der Waals surface area contributed by atoms with Gasteiger partial charge >= 0.3 is 0 Å². The molecule has 0 radical (unpaired) electrons. The van der Waals surface area contributed by atoms with Crippen LogP contribution >= 0.6 is 0 Å². The van der Waals surface area contributed by atoms with E-state index in [-0.39, 0.29) is 0 Å². The van der Waals surface area contributed by atoms with Gasteiger partial charge in [0.1, 0.15) is 5.75 Å². The van der Waals surface area contributed by atoms with Crippen molar-refractivity contribution in [3.63, 3.8) is 0 Å². The van der Waals surface area contributed by atoms with Crippen LogP contribution < -0.4 is 4.74 Å². The largest absolute Gasteiger partial charge is 0.439 e. The Labute approximate surface area is 147 Å². The minimum atomic E-state index is 0.589. The summed E-state index contributed by atoms with van der Waals surface area (Å²) in [6, 6.07) is 34.3. The molecule has 1 heterocycles. The minimum Gasteiger partial charge on any atom is -0.439 e. The summed E-state index contributed by atoms with van der Waals surface area (Å²) < 4.78 is 5.99. The lowest BCUT2D eigenvalue weighted by Crippen LogP contribution is -1.90. The molecule has 3 aromatic carbocycles. The van der Waals surface area contributed by atoms with Gasteiger partial charge in [-0.2, -0.15) is 0 Å². The molecule has 0 N–H and O–H groups in total. The first-order valence-electron chi connectivity index (χ1n) is 8.24. The monoisotopic (exact) mass is 323 g/mol. The number of rotatable bonds is 4. The van der Waals surface area contributed by atoms with E-state index in [1.807, 2.05) is 84.9 Å². The van der Waals surface area contributed by atoms with Crippen LogP contribution in [0.3, 0.4) is 0 Å². The van der Waals surface area contributed by atoms with Crippen LogP contribution in [-0.4, -0.2) is 4.98 Å². The SMILES string of the molecule is c1ccc(-c2cccc(Oc3cccc(-c4ccccc4)n3)c2)cc1. The molecule has 4 aromatic rings. The van der Waals surface area contributed by atoms with Gasteiger partial charge in [0, 0.05) is 11.6 Å². The van der Waals surface area contributed by atoms with Crippen LogP contribution in [0.1, 0.15) is 0 Å². The summed E-state index contributed by atoms with van der Waals surface area (Å²) in [5.41, 5.74) is 4.26. The van der Waals surface area contributed by atoms with Gasteiger partial charge in [0.25, 0.3) is 0 Å². The van der Waals surface area contributed by atoms with Gasteiger partial charge in [-0.1, -0.05) is 78.9 Å². The van der Waals surface area contributed by atoms with Gasteiger partial charge in [0.15, 0.2) is 0 Å². The van der Waals surface area contributed by atoms with Crippen LogP contribution in [0.2, 0.25) is 0 Å². The third-order valence-corrected chi connectivity index (χ3v) is 3.96. The number of hydrogen-bond acceptors (Lipinski definition) is 2. The van der Waals surface area contributed by atoms with E-state index >= 15 is 0 Å². The molecule has 2 nitrogen and oxygen atoms in total. The predicted octanol–water partition coefficient (Wildman–Crippen LogP) is 6.21. The molecule has 0 fully saturated rings. The van der Waals surface area contributed by atoms with E-state index in [4.69, 9.17) is 4.74 Å². The zero-order valence-corrected chi connectivity index (χ0v) is 13.7. The van der Waals surface area contributed by atoms with Crippen molar-refractivity contribution in [2.45, 2.75) is 0 Å². The molecule has 0 aliphatic heterocycles. The standard InChI is InChI=1S/C23H17NO/c1-3-9-18(10-4-1)20-13-7-14-21(17-20)25-23-16-8-15-22(24-23)19-11-5-2-6-12-19/h1-17H. The third-order valence-electron chi connectivity index (χ3n) is 3.96. The van der Waals surface area contributed by atoms with Gasteiger partial charge in [-0.25, -0.2) is 4.98 Å². The summed E-state index contributed by atoms with van der Waals surface area (Å²) in [5.74, 6) is 1.37. The highest BCUT2D eigenvalue weighted by atomic mass is 16.5. The van der Waals surface area contributed by atoms with E-state index in [9.17, 15) is 0 Å². The molecule has 25 heavy (non-hydrogen) atoms. The summed E-state index contributed by atoms with van der Waals surface area (Å²) in [6.07, 6.45) is 0. The molecule has 0 unspecified atom stereocenters. The molecule has 0 saturated carbocycles. The molecule has 120 valence electrons. The third kappa shape index (κ3) is 3.59. The number of aromatic nitrogens is 1. The average molecular weight is 323 g/mol. The quantitative estimate of drug-likeness (QED) is 0.445. The van der Waals surface area contributed by atoms with Gasteiger partial charge in [-0.3, -0.25) is 0 Å².